The third-order valence-corrected chi connectivity index (χ3v) is 4.97. The van der Waals surface area contributed by atoms with Crippen molar-refractivity contribution in [3.05, 3.63) is 48.2 Å². The first-order valence-corrected chi connectivity index (χ1v) is 10.3. The molecule has 9 heteroatoms. The fourth-order valence-corrected chi connectivity index (χ4v) is 3.79. The Balaban J connectivity index is 1.64. The molecule has 0 radical (unpaired) electrons. The van der Waals surface area contributed by atoms with Gasteiger partial charge in [0, 0.05) is 30.2 Å². The Morgan fingerprint density at radius 3 is 2.70 bits per heavy atom. The van der Waals surface area contributed by atoms with Crippen LogP contribution in [-0.2, 0) is 14.8 Å². The molecule has 2 unspecified atom stereocenters. The number of benzene rings is 1. The summed E-state index contributed by atoms with van der Waals surface area (Å²) in [6.07, 6.45) is 2.66. The van der Waals surface area contributed by atoms with Crippen LogP contribution in [0, 0.1) is 17.6 Å². The number of rotatable bonds is 6. The van der Waals surface area contributed by atoms with Gasteiger partial charge in [-0.1, -0.05) is 0 Å². The van der Waals surface area contributed by atoms with Crippen LogP contribution in [0.3, 0.4) is 0 Å². The van der Waals surface area contributed by atoms with Crippen molar-refractivity contribution in [1.82, 2.24) is 9.71 Å². The number of ether oxygens (including phenoxy) is 2. The predicted molar refractivity (Wildman–Crippen MR) is 95.8 cm³/mol. The summed E-state index contributed by atoms with van der Waals surface area (Å²) in [4.78, 5) is 3.77. The highest BCUT2D eigenvalue weighted by molar-refractivity contribution is 7.88. The number of halogens is 2. The van der Waals surface area contributed by atoms with Crippen molar-refractivity contribution < 1.29 is 26.7 Å². The third kappa shape index (κ3) is 5.44. The number of hydrogen-bond acceptors (Lipinski definition) is 5. The maximum Gasteiger partial charge on any atom is 0.208 e. The van der Waals surface area contributed by atoms with E-state index in [1.807, 2.05) is 0 Å². The highest BCUT2D eigenvalue weighted by Gasteiger charge is 2.28. The summed E-state index contributed by atoms with van der Waals surface area (Å²) in [5.41, 5.74) is 0.554. The molecule has 3 rings (SSSR count). The molecule has 0 aliphatic carbocycles. The Bertz CT molecular complexity index is 891. The van der Waals surface area contributed by atoms with E-state index in [0.717, 1.165) is 18.5 Å². The van der Waals surface area contributed by atoms with Crippen LogP contribution in [0.4, 0.5) is 8.78 Å². The van der Waals surface area contributed by atoms with E-state index in [4.69, 9.17) is 9.47 Å². The number of nitrogens with zero attached hydrogens (tertiary/aromatic N) is 1. The van der Waals surface area contributed by atoms with Crippen LogP contribution in [0.15, 0.2) is 36.5 Å². The summed E-state index contributed by atoms with van der Waals surface area (Å²) >= 11 is 0. The highest BCUT2D eigenvalue weighted by atomic mass is 32.2. The Labute approximate surface area is 156 Å². The second-order valence-corrected chi connectivity index (χ2v) is 8.22. The van der Waals surface area contributed by atoms with E-state index in [9.17, 15) is 17.2 Å². The molecule has 0 bridgehead atoms. The van der Waals surface area contributed by atoms with Gasteiger partial charge in [0.1, 0.15) is 17.3 Å². The van der Waals surface area contributed by atoms with Gasteiger partial charge in [0.25, 0.3) is 0 Å². The molecular formula is C18H20F2N2O4S. The minimum Gasteiger partial charge on any atom is -0.493 e. The fourth-order valence-electron chi connectivity index (χ4n) is 2.93. The smallest absolute Gasteiger partial charge is 0.208 e. The molecule has 27 heavy (non-hydrogen) atoms. The number of pyridine rings is 1. The molecule has 2 heterocycles. The molecule has 1 aromatic carbocycles. The Morgan fingerprint density at radius 2 is 2.04 bits per heavy atom. The number of nitrogens with one attached hydrogen (secondary N) is 1. The summed E-state index contributed by atoms with van der Waals surface area (Å²) < 4.78 is 63.5. The summed E-state index contributed by atoms with van der Waals surface area (Å²) in [5, 5.41) is 0. The minimum absolute atomic E-state index is 0.0565. The lowest BCUT2D eigenvalue weighted by atomic mass is 9.98. The van der Waals surface area contributed by atoms with Crippen LogP contribution < -0.4 is 9.46 Å². The van der Waals surface area contributed by atoms with Gasteiger partial charge in [-0.3, -0.25) is 4.98 Å². The minimum atomic E-state index is -3.31. The quantitative estimate of drug-likeness (QED) is 0.808. The lowest BCUT2D eigenvalue weighted by Crippen LogP contribution is -2.47. The van der Waals surface area contributed by atoms with Crippen molar-refractivity contribution in [3.8, 4) is 17.0 Å². The topological polar surface area (TPSA) is 77.5 Å². The molecule has 2 atom stereocenters. The van der Waals surface area contributed by atoms with Crippen molar-refractivity contribution in [1.29, 1.82) is 0 Å². The molecule has 0 amide bonds. The maximum atomic E-state index is 13.8. The van der Waals surface area contributed by atoms with Gasteiger partial charge in [-0.2, -0.15) is 0 Å². The summed E-state index contributed by atoms with van der Waals surface area (Å²) in [7, 11) is -3.31. The van der Waals surface area contributed by atoms with Gasteiger partial charge in [-0.05, 0) is 30.7 Å². The van der Waals surface area contributed by atoms with Crippen LogP contribution in [0.1, 0.15) is 6.42 Å². The van der Waals surface area contributed by atoms with Gasteiger partial charge in [-0.15, -0.1) is 0 Å². The first-order chi connectivity index (χ1) is 12.8. The van der Waals surface area contributed by atoms with Gasteiger partial charge in [0.15, 0.2) is 5.82 Å². The zero-order valence-electron chi connectivity index (χ0n) is 14.7. The SMILES string of the molecule is CS(=O)(=O)NC1CCOCC1COc1ccc(-c2ncc(F)cc2F)cc1. The molecule has 146 valence electrons. The molecule has 1 aliphatic rings. The van der Waals surface area contributed by atoms with E-state index in [2.05, 4.69) is 9.71 Å². The molecule has 1 aliphatic heterocycles. The Morgan fingerprint density at radius 1 is 1.30 bits per heavy atom. The molecule has 1 saturated heterocycles. The second kappa shape index (κ2) is 8.28. The normalized spacial score (nSPS) is 20.4. The van der Waals surface area contributed by atoms with Gasteiger partial charge < -0.3 is 9.47 Å². The average Bonchev–Trinajstić information content (AvgIpc) is 2.60. The molecule has 1 fully saturated rings. The lowest BCUT2D eigenvalue weighted by molar-refractivity contribution is 0.0187. The number of sulfonamides is 1. The Kier molecular flexibility index (Phi) is 6.03. The molecule has 6 nitrogen and oxygen atoms in total. The van der Waals surface area contributed by atoms with Crippen LogP contribution >= 0.6 is 0 Å². The van der Waals surface area contributed by atoms with Crippen LogP contribution in [0.25, 0.3) is 11.3 Å². The molecule has 1 aromatic heterocycles. The largest absolute Gasteiger partial charge is 0.493 e. The third-order valence-electron chi connectivity index (χ3n) is 4.24. The number of aromatic nitrogens is 1. The number of hydrogen-bond donors (Lipinski definition) is 1. The molecular weight excluding hydrogens is 378 g/mol. The van der Waals surface area contributed by atoms with Crippen molar-refractivity contribution >= 4 is 10.0 Å². The maximum absolute atomic E-state index is 13.8. The first-order valence-electron chi connectivity index (χ1n) is 8.41. The van der Waals surface area contributed by atoms with Gasteiger partial charge in [0.2, 0.25) is 10.0 Å². The van der Waals surface area contributed by atoms with E-state index in [0.29, 0.717) is 30.9 Å². The van der Waals surface area contributed by atoms with E-state index in [1.165, 1.54) is 0 Å². The van der Waals surface area contributed by atoms with E-state index in [1.54, 1.807) is 24.3 Å². The highest BCUT2D eigenvalue weighted by Crippen LogP contribution is 2.24. The lowest BCUT2D eigenvalue weighted by Gasteiger charge is -2.31. The van der Waals surface area contributed by atoms with E-state index < -0.39 is 21.7 Å². The molecule has 1 N–H and O–H groups in total. The molecule has 0 spiro atoms. The van der Waals surface area contributed by atoms with Crippen molar-refractivity contribution in [2.45, 2.75) is 12.5 Å². The second-order valence-electron chi connectivity index (χ2n) is 6.44. The fraction of sp³-hybridized carbons (Fsp3) is 0.389. The zero-order valence-corrected chi connectivity index (χ0v) is 15.5. The average molecular weight is 398 g/mol. The molecule has 0 saturated carbocycles. The van der Waals surface area contributed by atoms with Gasteiger partial charge >= 0.3 is 0 Å². The summed E-state index contributed by atoms with van der Waals surface area (Å²) in [6, 6.07) is 7.10. The standard InChI is InChI=1S/C18H20F2N2O4S/c1-27(23,24)22-17-6-7-25-10-13(17)11-26-15-4-2-12(3-5-15)18-16(20)8-14(19)9-21-18/h2-5,8-9,13,17,22H,6-7,10-11H2,1H3. The van der Waals surface area contributed by atoms with Crippen LogP contribution in [0.5, 0.6) is 5.75 Å². The summed E-state index contributed by atoms with van der Waals surface area (Å²) in [6.45, 7) is 1.17. The van der Waals surface area contributed by atoms with Crippen LogP contribution in [-0.4, -0.2) is 45.5 Å². The van der Waals surface area contributed by atoms with Crippen molar-refractivity contribution in [2.24, 2.45) is 5.92 Å². The van der Waals surface area contributed by atoms with E-state index >= 15 is 0 Å². The Hall–Kier alpha value is -2.10. The van der Waals surface area contributed by atoms with E-state index in [-0.39, 0.29) is 24.3 Å². The van der Waals surface area contributed by atoms with Crippen molar-refractivity contribution in [2.75, 3.05) is 26.1 Å². The monoisotopic (exact) mass is 398 g/mol. The van der Waals surface area contributed by atoms with Gasteiger partial charge in [0.05, 0.1) is 25.7 Å². The predicted octanol–water partition coefficient (Wildman–Crippen LogP) is 2.36. The van der Waals surface area contributed by atoms with Crippen molar-refractivity contribution in [3.63, 3.8) is 0 Å². The van der Waals surface area contributed by atoms with Crippen LogP contribution in [0.2, 0.25) is 0 Å². The van der Waals surface area contributed by atoms with Gasteiger partial charge in [-0.25, -0.2) is 21.9 Å². The zero-order chi connectivity index (χ0) is 19.4. The molecule has 2 aromatic rings. The summed E-state index contributed by atoms with van der Waals surface area (Å²) in [5.74, 6) is -1.05. The first kappa shape index (κ1) is 19.7.